The third kappa shape index (κ3) is 4.28. The van der Waals surface area contributed by atoms with Crippen LogP contribution in [0.5, 0.6) is 0 Å². The van der Waals surface area contributed by atoms with Crippen LogP contribution in [0.25, 0.3) is 10.8 Å². The fourth-order valence-corrected chi connectivity index (χ4v) is 4.58. The zero-order valence-corrected chi connectivity index (χ0v) is 15.0. The number of hydrogen-bond acceptors (Lipinski definition) is 4. The van der Waals surface area contributed by atoms with E-state index in [2.05, 4.69) is 0 Å². The summed E-state index contributed by atoms with van der Waals surface area (Å²) in [6.07, 6.45) is 4.47. The van der Waals surface area contributed by atoms with Crippen LogP contribution in [0.3, 0.4) is 0 Å². The van der Waals surface area contributed by atoms with Crippen LogP contribution in [0.1, 0.15) is 12.8 Å². The molecule has 0 spiro atoms. The molecule has 0 radical (unpaired) electrons. The largest absolute Gasteiger partial charge is 0.341 e. The van der Waals surface area contributed by atoms with Crippen molar-refractivity contribution < 1.29 is 13.2 Å². The topological polar surface area (TPSA) is 76.5 Å². The summed E-state index contributed by atoms with van der Waals surface area (Å²) in [6, 6.07) is 9.11. The van der Waals surface area contributed by atoms with Crippen LogP contribution in [0.15, 0.2) is 41.3 Å². The molecule has 1 aliphatic heterocycles. The number of hydrogen-bond donors (Lipinski definition) is 0. The Morgan fingerprint density at radius 3 is 2.76 bits per heavy atom. The van der Waals surface area contributed by atoms with Gasteiger partial charge in [-0.25, -0.2) is 8.42 Å². The molecule has 0 bridgehead atoms. The predicted octanol–water partition coefficient (Wildman–Crippen LogP) is 1.28. The number of piperidine rings is 1. The van der Waals surface area contributed by atoms with Crippen molar-refractivity contribution in [2.75, 3.05) is 25.1 Å². The number of likely N-dealkylation sites (tertiary alicyclic amines) is 1. The Hall–Kier alpha value is -2.15. The van der Waals surface area contributed by atoms with Gasteiger partial charge in [-0.2, -0.15) is 0 Å². The van der Waals surface area contributed by atoms with Crippen LogP contribution in [-0.2, 0) is 21.2 Å². The van der Waals surface area contributed by atoms with E-state index in [1.54, 1.807) is 23.2 Å². The Balaban J connectivity index is 1.74. The van der Waals surface area contributed by atoms with E-state index in [9.17, 15) is 18.0 Å². The molecule has 0 saturated carbocycles. The summed E-state index contributed by atoms with van der Waals surface area (Å²) in [5.74, 6) is -0.0659. The van der Waals surface area contributed by atoms with Gasteiger partial charge < -0.3 is 9.47 Å². The number of amides is 1. The minimum absolute atomic E-state index is 0.0186. The van der Waals surface area contributed by atoms with Crippen molar-refractivity contribution in [3.8, 4) is 0 Å². The van der Waals surface area contributed by atoms with E-state index < -0.39 is 9.84 Å². The third-order valence-electron chi connectivity index (χ3n) is 4.60. The molecule has 25 heavy (non-hydrogen) atoms. The number of pyridine rings is 1. The van der Waals surface area contributed by atoms with Crippen LogP contribution in [0, 0.1) is 5.92 Å². The lowest BCUT2D eigenvalue weighted by atomic mass is 10.00. The van der Waals surface area contributed by atoms with Gasteiger partial charge in [0.15, 0.2) is 0 Å². The molecule has 134 valence electrons. The first-order valence-electron chi connectivity index (χ1n) is 8.37. The Morgan fingerprint density at radius 2 is 2.00 bits per heavy atom. The van der Waals surface area contributed by atoms with Gasteiger partial charge in [0.05, 0.1) is 5.75 Å². The molecule has 2 aromatic rings. The van der Waals surface area contributed by atoms with Gasteiger partial charge in [-0.15, -0.1) is 0 Å². The molecule has 1 atom stereocenters. The first kappa shape index (κ1) is 17.7. The molecule has 7 heteroatoms. The fourth-order valence-electron chi connectivity index (χ4n) is 3.46. The standard InChI is InChI=1S/C18H22N2O4S/c1-25(23,24)13-14-5-4-9-19(11-14)17(21)12-20-10-8-15-6-2-3-7-16(15)18(20)22/h2-3,6-8,10,14H,4-5,9,11-13H2,1H3. The summed E-state index contributed by atoms with van der Waals surface area (Å²) in [6.45, 7) is 1.03. The van der Waals surface area contributed by atoms with Crippen LogP contribution >= 0.6 is 0 Å². The lowest BCUT2D eigenvalue weighted by molar-refractivity contribution is -0.133. The number of benzene rings is 1. The Kier molecular flexibility index (Phi) is 4.94. The van der Waals surface area contributed by atoms with Crippen molar-refractivity contribution in [1.29, 1.82) is 0 Å². The molecule has 1 aromatic heterocycles. The Bertz CT molecular complexity index is 949. The third-order valence-corrected chi connectivity index (χ3v) is 5.68. The summed E-state index contributed by atoms with van der Waals surface area (Å²) in [4.78, 5) is 26.8. The van der Waals surface area contributed by atoms with Crippen molar-refractivity contribution in [2.24, 2.45) is 5.92 Å². The van der Waals surface area contributed by atoms with Gasteiger partial charge in [0.2, 0.25) is 5.91 Å². The minimum Gasteiger partial charge on any atom is -0.341 e. The van der Waals surface area contributed by atoms with E-state index in [4.69, 9.17) is 0 Å². The number of carbonyl (C=O) groups is 1. The van der Waals surface area contributed by atoms with Gasteiger partial charge in [-0.05, 0) is 36.3 Å². The number of aromatic nitrogens is 1. The van der Waals surface area contributed by atoms with Crippen molar-refractivity contribution in [3.63, 3.8) is 0 Å². The summed E-state index contributed by atoms with van der Waals surface area (Å²) < 4.78 is 24.4. The highest BCUT2D eigenvalue weighted by molar-refractivity contribution is 7.90. The maximum absolute atomic E-state index is 12.6. The van der Waals surface area contributed by atoms with Crippen molar-refractivity contribution >= 4 is 26.5 Å². The molecule has 1 aliphatic rings. The first-order chi connectivity index (χ1) is 11.8. The maximum atomic E-state index is 12.6. The van der Waals surface area contributed by atoms with Crippen molar-refractivity contribution in [2.45, 2.75) is 19.4 Å². The fraction of sp³-hybridized carbons (Fsp3) is 0.444. The summed E-state index contributed by atoms with van der Waals surface area (Å²) in [7, 11) is -3.06. The number of fused-ring (bicyclic) bond motifs is 1. The van der Waals surface area contributed by atoms with Gasteiger partial charge in [0.1, 0.15) is 16.4 Å². The summed E-state index contributed by atoms with van der Waals surface area (Å²) in [5.41, 5.74) is -0.184. The molecule has 3 rings (SSSR count). The second-order valence-corrected chi connectivity index (χ2v) is 8.96. The van der Waals surface area contributed by atoms with Crippen molar-refractivity contribution in [3.05, 3.63) is 46.9 Å². The highest BCUT2D eigenvalue weighted by Crippen LogP contribution is 2.18. The van der Waals surface area contributed by atoms with E-state index >= 15 is 0 Å². The molecule has 1 amide bonds. The number of rotatable bonds is 4. The second-order valence-electron chi connectivity index (χ2n) is 6.78. The number of nitrogens with zero attached hydrogens (tertiary/aromatic N) is 2. The SMILES string of the molecule is CS(=O)(=O)CC1CCCN(C(=O)Cn2ccc3ccccc3c2=O)C1. The highest BCUT2D eigenvalue weighted by Gasteiger charge is 2.26. The summed E-state index contributed by atoms with van der Waals surface area (Å²) >= 11 is 0. The molecule has 1 fully saturated rings. The average molecular weight is 362 g/mol. The quantitative estimate of drug-likeness (QED) is 0.821. The van der Waals surface area contributed by atoms with Crippen LogP contribution in [-0.4, -0.2) is 48.9 Å². The molecular weight excluding hydrogens is 340 g/mol. The summed E-state index contributed by atoms with van der Waals surface area (Å²) in [5, 5.41) is 1.44. The van der Waals surface area contributed by atoms with E-state index in [1.165, 1.54) is 10.8 Å². The molecule has 0 N–H and O–H groups in total. The molecule has 2 heterocycles. The molecule has 1 unspecified atom stereocenters. The normalized spacial score (nSPS) is 18.4. The minimum atomic E-state index is -3.06. The number of sulfone groups is 1. The lowest BCUT2D eigenvalue weighted by Crippen LogP contribution is -2.44. The molecule has 6 nitrogen and oxygen atoms in total. The number of carbonyl (C=O) groups excluding carboxylic acids is 1. The van der Waals surface area contributed by atoms with Gasteiger partial charge in [-0.1, -0.05) is 18.2 Å². The van der Waals surface area contributed by atoms with Crippen molar-refractivity contribution in [1.82, 2.24) is 9.47 Å². The maximum Gasteiger partial charge on any atom is 0.258 e. The van der Waals surface area contributed by atoms with Gasteiger partial charge in [0.25, 0.3) is 5.56 Å². The van der Waals surface area contributed by atoms with Gasteiger partial charge in [0, 0.05) is 30.9 Å². The zero-order valence-electron chi connectivity index (χ0n) is 14.2. The highest BCUT2D eigenvalue weighted by atomic mass is 32.2. The smallest absolute Gasteiger partial charge is 0.258 e. The van der Waals surface area contributed by atoms with E-state index in [1.807, 2.05) is 18.2 Å². The predicted molar refractivity (Wildman–Crippen MR) is 97.2 cm³/mol. The van der Waals surface area contributed by atoms with E-state index in [0.717, 1.165) is 18.2 Å². The van der Waals surface area contributed by atoms with Crippen LogP contribution in [0.4, 0.5) is 0 Å². The average Bonchev–Trinajstić information content (AvgIpc) is 2.56. The monoisotopic (exact) mass is 362 g/mol. The van der Waals surface area contributed by atoms with Crippen LogP contribution < -0.4 is 5.56 Å². The molecule has 0 aliphatic carbocycles. The van der Waals surface area contributed by atoms with Gasteiger partial charge in [-0.3, -0.25) is 9.59 Å². The molecular formula is C18H22N2O4S. The zero-order chi connectivity index (χ0) is 18.0. The Morgan fingerprint density at radius 1 is 1.24 bits per heavy atom. The molecule has 1 aromatic carbocycles. The Labute approximate surface area is 147 Å². The first-order valence-corrected chi connectivity index (χ1v) is 10.4. The van der Waals surface area contributed by atoms with E-state index in [-0.39, 0.29) is 29.7 Å². The van der Waals surface area contributed by atoms with Gasteiger partial charge >= 0.3 is 0 Å². The second kappa shape index (κ2) is 7.00. The van der Waals surface area contributed by atoms with E-state index in [0.29, 0.717) is 18.5 Å². The molecule has 1 saturated heterocycles. The van der Waals surface area contributed by atoms with Crippen LogP contribution in [0.2, 0.25) is 0 Å². The lowest BCUT2D eigenvalue weighted by Gasteiger charge is -2.32.